The van der Waals surface area contributed by atoms with Crippen molar-refractivity contribution in [3.05, 3.63) is 28.6 Å². The lowest BCUT2D eigenvalue weighted by atomic mass is 10.4. The van der Waals surface area contributed by atoms with Crippen molar-refractivity contribution in [1.82, 2.24) is 24.7 Å². The number of halogens is 1. The van der Waals surface area contributed by atoms with Crippen LogP contribution in [-0.2, 0) is 12.8 Å². The van der Waals surface area contributed by atoms with Crippen LogP contribution in [0.3, 0.4) is 0 Å². The second kappa shape index (κ2) is 4.69. The molecule has 0 amide bonds. The zero-order chi connectivity index (χ0) is 11.5. The van der Waals surface area contributed by atoms with E-state index in [2.05, 4.69) is 42.9 Å². The lowest BCUT2D eigenvalue weighted by Gasteiger charge is -2.03. The molecule has 2 rings (SSSR count). The Hall–Kier alpha value is -1.30. The second-order valence-electron chi connectivity index (χ2n) is 3.26. The molecule has 0 aliphatic carbocycles. The summed E-state index contributed by atoms with van der Waals surface area (Å²) >= 11 is 3.41. The van der Waals surface area contributed by atoms with E-state index in [1.807, 2.05) is 6.92 Å². The molecule has 0 N–H and O–H groups in total. The second-order valence-corrected chi connectivity index (χ2v) is 4.11. The maximum atomic E-state index is 4.44. The number of aromatic nitrogens is 5. The van der Waals surface area contributed by atoms with Crippen LogP contribution in [0.25, 0.3) is 5.82 Å². The minimum absolute atomic E-state index is 0.735. The first-order valence-corrected chi connectivity index (χ1v) is 5.96. The lowest BCUT2D eigenvalue weighted by molar-refractivity contribution is 0.761. The highest BCUT2D eigenvalue weighted by Crippen LogP contribution is 2.17. The Morgan fingerprint density at radius 2 is 2.12 bits per heavy atom. The van der Waals surface area contributed by atoms with Crippen molar-refractivity contribution in [2.45, 2.75) is 26.7 Å². The Labute approximate surface area is 102 Å². The van der Waals surface area contributed by atoms with Gasteiger partial charge in [-0.3, -0.25) is 0 Å². The van der Waals surface area contributed by atoms with Crippen LogP contribution in [0.5, 0.6) is 0 Å². The molecule has 0 aliphatic heterocycles. The van der Waals surface area contributed by atoms with Gasteiger partial charge in [-0.25, -0.2) is 15.0 Å². The predicted molar refractivity (Wildman–Crippen MR) is 63.4 cm³/mol. The van der Waals surface area contributed by atoms with Crippen molar-refractivity contribution >= 4 is 15.9 Å². The molecule has 2 aromatic heterocycles. The third kappa shape index (κ3) is 1.97. The van der Waals surface area contributed by atoms with E-state index in [0.29, 0.717) is 0 Å². The summed E-state index contributed by atoms with van der Waals surface area (Å²) < 4.78 is 2.59. The maximum Gasteiger partial charge on any atom is 0.173 e. The quantitative estimate of drug-likeness (QED) is 0.863. The molecule has 2 aromatic rings. The molecule has 0 unspecified atom stereocenters. The van der Waals surface area contributed by atoms with Crippen molar-refractivity contribution in [3.8, 4) is 5.82 Å². The minimum atomic E-state index is 0.735. The van der Waals surface area contributed by atoms with Gasteiger partial charge in [0, 0.05) is 19.0 Å². The zero-order valence-corrected chi connectivity index (χ0v) is 10.8. The average molecular weight is 282 g/mol. The largest absolute Gasteiger partial charge is 0.243 e. The lowest BCUT2D eigenvalue weighted by Crippen LogP contribution is -2.05. The van der Waals surface area contributed by atoms with E-state index < -0.39 is 0 Å². The monoisotopic (exact) mass is 281 g/mol. The molecular weight excluding hydrogens is 270 g/mol. The van der Waals surface area contributed by atoms with E-state index in [0.717, 1.165) is 34.8 Å². The molecule has 0 aromatic carbocycles. The van der Waals surface area contributed by atoms with E-state index in [9.17, 15) is 0 Å². The summed E-state index contributed by atoms with van der Waals surface area (Å²) in [7, 11) is 0. The third-order valence-electron chi connectivity index (χ3n) is 2.20. The van der Waals surface area contributed by atoms with Gasteiger partial charge in [0.1, 0.15) is 12.2 Å². The van der Waals surface area contributed by atoms with Gasteiger partial charge < -0.3 is 0 Å². The van der Waals surface area contributed by atoms with Gasteiger partial charge >= 0.3 is 0 Å². The Bertz CT molecular complexity index is 494. The highest BCUT2D eigenvalue weighted by atomic mass is 79.9. The minimum Gasteiger partial charge on any atom is -0.243 e. The number of hydrogen-bond acceptors (Lipinski definition) is 4. The summed E-state index contributed by atoms with van der Waals surface area (Å²) in [6.07, 6.45) is 4.86. The molecular formula is C10H12BrN5. The summed E-state index contributed by atoms with van der Waals surface area (Å²) in [6.45, 7) is 4.09. The number of hydrogen-bond donors (Lipinski definition) is 0. The molecule has 2 heterocycles. The first kappa shape index (κ1) is 11.2. The maximum absolute atomic E-state index is 4.44. The van der Waals surface area contributed by atoms with Crippen LogP contribution < -0.4 is 0 Å². The molecule has 0 radical (unpaired) electrons. The highest BCUT2D eigenvalue weighted by molar-refractivity contribution is 9.10. The van der Waals surface area contributed by atoms with Crippen LogP contribution in [0, 0.1) is 0 Å². The van der Waals surface area contributed by atoms with Crippen molar-refractivity contribution in [3.63, 3.8) is 0 Å². The van der Waals surface area contributed by atoms with Gasteiger partial charge in [-0.05, 0) is 15.9 Å². The molecule has 0 aliphatic rings. The third-order valence-corrected chi connectivity index (χ3v) is 2.76. The fourth-order valence-electron chi connectivity index (χ4n) is 1.40. The fourth-order valence-corrected chi connectivity index (χ4v) is 1.79. The molecule has 0 bridgehead atoms. The smallest absolute Gasteiger partial charge is 0.173 e. The highest BCUT2D eigenvalue weighted by Gasteiger charge is 2.12. The van der Waals surface area contributed by atoms with Gasteiger partial charge in [0.05, 0.1) is 4.47 Å². The van der Waals surface area contributed by atoms with E-state index in [1.165, 1.54) is 6.33 Å². The predicted octanol–water partition coefficient (Wildman–Crippen LogP) is 1.94. The van der Waals surface area contributed by atoms with Crippen molar-refractivity contribution in [2.75, 3.05) is 0 Å². The van der Waals surface area contributed by atoms with E-state index in [-0.39, 0.29) is 0 Å². The molecule has 6 heteroatoms. The van der Waals surface area contributed by atoms with Crippen molar-refractivity contribution in [2.24, 2.45) is 0 Å². The summed E-state index contributed by atoms with van der Waals surface area (Å²) in [5, 5.41) is 4.42. The molecule has 0 fully saturated rings. The van der Waals surface area contributed by atoms with Crippen LogP contribution in [0.2, 0.25) is 0 Å². The first-order chi connectivity index (χ1) is 7.76. The molecule has 84 valence electrons. The summed E-state index contributed by atoms with van der Waals surface area (Å²) in [5.41, 5.74) is 0. The molecule has 0 spiro atoms. The fraction of sp³-hybridized carbons (Fsp3) is 0.400. The molecule has 0 saturated carbocycles. The van der Waals surface area contributed by atoms with Crippen LogP contribution in [0.1, 0.15) is 25.5 Å². The topological polar surface area (TPSA) is 56.5 Å². The standard InChI is InChI=1S/C10H12BrN5/c1-3-8-14-9(4-2)16(15-8)10-7(11)5-12-6-13-10/h5-6H,3-4H2,1-2H3. The number of nitrogens with zero attached hydrogens (tertiary/aromatic N) is 5. The Morgan fingerprint density at radius 1 is 1.31 bits per heavy atom. The molecule has 0 saturated heterocycles. The average Bonchev–Trinajstić information content (AvgIpc) is 2.72. The van der Waals surface area contributed by atoms with Crippen molar-refractivity contribution < 1.29 is 0 Å². The molecule has 16 heavy (non-hydrogen) atoms. The first-order valence-electron chi connectivity index (χ1n) is 5.17. The Balaban J connectivity index is 2.54. The summed E-state index contributed by atoms with van der Waals surface area (Å²) in [4.78, 5) is 12.6. The molecule has 0 atom stereocenters. The summed E-state index contributed by atoms with van der Waals surface area (Å²) in [5.74, 6) is 2.48. The van der Waals surface area contributed by atoms with Gasteiger partial charge in [0.25, 0.3) is 0 Å². The van der Waals surface area contributed by atoms with Gasteiger partial charge in [0.15, 0.2) is 11.6 Å². The Morgan fingerprint density at radius 3 is 2.75 bits per heavy atom. The van der Waals surface area contributed by atoms with Crippen LogP contribution >= 0.6 is 15.9 Å². The van der Waals surface area contributed by atoms with E-state index >= 15 is 0 Å². The van der Waals surface area contributed by atoms with Crippen LogP contribution in [0.15, 0.2) is 17.0 Å². The van der Waals surface area contributed by atoms with E-state index in [4.69, 9.17) is 0 Å². The zero-order valence-electron chi connectivity index (χ0n) is 9.18. The van der Waals surface area contributed by atoms with Crippen LogP contribution in [-0.4, -0.2) is 24.7 Å². The van der Waals surface area contributed by atoms with Gasteiger partial charge in [0.2, 0.25) is 0 Å². The normalized spacial score (nSPS) is 10.7. The number of aryl methyl sites for hydroxylation is 2. The molecule has 5 nitrogen and oxygen atoms in total. The SMILES string of the molecule is CCc1nc(CC)n(-c2ncncc2Br)n1. The van der Waals surface area contributed by atoms with Gasteiger partial charge in [-0.15, -0.1) is 5.10 Å². The van der Waals surface area contributed by atoms with Gasteiger partial charge in [-0.2, -0.15) is 4.68 Å². The summed E-state index contributed by atoms with van der Waals surface area (Å²) in [6, 6.07) is 0. The van der Waals surface area contributed by atoms with Crippen LogP contribution in [0.4, 0.5) is 0 Å². The van der Waals surface area contributed by atoms with E-state index in [1.54, 1.807) is 10.9 Å². The van der Waals surface area contributed by atoms with Crippen molar-refractivity contribution in [1.29, 1.82) is 0 Å². The number of rotatable bonds is 3. The van der Waals surface area contributed by atoms with Gasteiger partial charge in [-0.1, -0.05) is 13.8 Å². The Kier molecular flexibility index (Phi) is 3.28.